The number of amidine groups is 1. The molecule has 5 N–H and O–H groups in total. The second-order valence-electron chi connectivity index (χ2n) is 12.0. The molecule has 39 heavy (non-hydrogen) atoms. The lowest BCUT2D eigenvalue weighted by molar-refractivity contribution is -0.207. The summed E-state index contributed by atoms with van der Waals surface area (Å²) in [5.41, 5.74) is 3.52. The molecular weight excluding hydrogens is 508 g/mol. The van der Waals surface area contributed by atoms with E-state index < -0.39 is 58.8 Å². The van der Waals surface area contributed by atoms with Crippen LogP contribution in [0.2, 0.25) is 0 Å². The Balaban J connectivity index is 1.83. The molecule has 0 aliphatic carbocycles. The SMILES string of the molecule is CC(C)(C)OC(=O)N[C@H](C(=O)OCC1O[C@@](C#N)(c2ccc(C(N)=NC=N)[nH]2)[C@@H]2OC(C)(C)O[C@H]12)C(C)(C)C. The number of nitrogens with two attached hydrogens (primary N) is 1. The quantitative estimate of drug-likeness (QED) is 0.226. The minimum absolute atomic E-state index is 0.0546. The van der Waals surface area contributed by atoms with Crippen LogP contribution >= 0.6 is 0 Å². The van der Waals surface area contributed by atoms with E-state index in [9.17, 15) is 14.9 Å². The summed E-state index contributed by atoms with van der Waals surface area (Å²) in [6.45, 7) is 13.7. The zero-order valence-electron chi connectivity index (χ0n) is 23.6. The number of alkyl carbamates (subject to hydrolysis) is 1. The highest BCUT2D eigenvalue weighted by molar-refractivity contribution is 5.99. The predicted molar refractivity (Wildman–Crippen MR) is 140 cm³/mol. The van der Waals surface area contributed by atoms with Gasteiger partial charge in [-0.25, -0.2) is 14.6 Å². The van der Waals surface area contributed by atoms with Crippen LogP contribution in [0.15, 0.2) is 17.1 Å². The number of hydrogen-bond acceptors (Lipinski definition) is 9. The lowest BCUT2D eigenvalue weighted by Gasteiger charge is -2.31. The molecule has 13 heteroatoms. The summed E-state index contributed by atoms with van der Waals surface area (Å²) >= 11 is 0. The van der Waals surface area contributed by atoms with Crippen molar-refractivity contribution in [1.82, 2.24) is 10.3 Å². The maximum Gasteiger partial charge on any atom is 0.408 e. The molecule has 0 bridgehead atoms. The molecule has 13 nitrogen and oxygen atoms in total. The summed E-state index contributed by atoms with van der Waals surface area (Å²) in [5.74, 6) is -1.68. The number of aliphatic imine (C=N–C) groups is 1. The van der Waals surface area contributed by atoms with Gasteiger partial charge in [0.05, 0.1) is 11.4 Å². The summed E-state index contributed by atoms with van der Waals surface area (Å²) < 4.78 is 29.3. The smallest absolute Gasteiger partial charge is 0.408 e. The fraction of sp³-hybridized carbons (Fsp3) is 0.654. The van der Waals surface area contributed by atoms with Gasteiger partial charge in [-0.15, -0.1) is 0 Å². The van der Waals surface area contributed by atoms with Crippen molar-refractivity contribution >= 4 is 24.2 Å². The lowest BCUT2D eigenvalue weighted by Crippen LogP contribution is -2.51. The summed E-state index contributed by atoms with van der Waals surface area (Å²) in [4.78, 5) is 32.3. The van der Waals surface area contributed by atoms with Crippen LogP contribution in [0.25, 0.3) is 0 Å². The zero-order valence-corrected chi connectivity index (χ0v) is 23.6. The number of esters is 1. The highest BCUT2D eigenvalue weighted by Gasteiger charge is 2.65. The standard InChI is InChI=1S/C26H38N6O7/c1-23(2,3)18(32-22(34)39-24(4,5)6)21(33)35-11-15-17-19(38-25(7,8)37-17)26(12-27,36-15)16-10-9-14(31-16)20(29)30-13-28/h9-10,13,15,17-19,31H,11H2,1-8H3,(H,32,34)(H3,28,29,30)/t15?,17-,18-,19-,26+/m1/s1. The second kappa shape index (κ2) is 10.6. The van der Waals surface area contributed by atoms with Gasteiger partial charge in [0.1, 0.15) is 54.8 Å². The number of hydrogen-bond donors (Lipinski definition) is 4. The fourth-order valence-electron chi connectivity index (χ4n) is 4.45. The first-order valence-electron chi connectivity index (χ1n) is 12.6. The Morgan fingerprint density at radius 1 is 1.26 bits per heavy atom. The van der Waals surface area contributed by atoms with Crippen molar-refractivity contribution in [3.63, 3.8) is 0 Å². The van der Waals surface area contributed by atoms with E-state index in [2.05, 4.69) is 21.4 Å². The van der Waals surface area contributed by atoms with E-state index in [4.69, 9.17) is 34.8 Å². The van der Waals surface area contributed by atoms with E-state index in [0.717, 1.165) is 6.34 Å². The Bertz CT molecular complexity index is 1170. The molecule has 2 aliphatic rings. The fourth-order valence-corrected chi connectivity index (χ4v) is 4.45. The van der Waals surface area contributed by atoms with E-state index in [1.54, 1.807) is 67.5 Å². The molecule has 1 aromatic heterocycles. The topological polar surface area (TPSA) is 194 Å². The first-order valence-corrected chi connectivity index (χ1v) is 12.6. The van der Waals surface area contributed by atoms with Crippen molar-refractivity contribution in [2.45, 2.75) is 96.7 Å². The van der Waals surface area contributed by atoms with Gasteiger partial charge in [0, 0.05) is 0 Å². The number of ether oxygens (including phenoxy) is 5. The van der Waals surface area contributed by atoms with E-state index in [0.29, 0.717) is 11.4 Å². The molecule has 5 atom stereocenters. The summed E-state index contributed by atoms with van der Waals surface area (Å²) in [6.07, 6.45) is -2.43. The number of carbonyl (C=O) groups is 2. The van der Waals surface area contributed by atoms with Gasteiger partial charge < -0.3 is 39.7 Å². The number of fused-ring (bicyclic) bond motifs is 1. The molecule has 1 aromatic rings. The Hall–Kier alpha value is -3.47. The largest absolute Gasteiger partial charge is 0.461 e. The average molecular weight is 547 g/mol. The molecule has 0 spiro atoms. The molecule has 1 unspecified atom stereocenters. The molecule has 2 saturated heterocycles. The van der Waals surface area contributed by atoms with Crippen LogP contribution in [0.1, 0.15) is 66.8 Å². The predicted octanol–water partition coefficient (Wildman–Crippen LogP) is 2.45. The molecule has 0 radical (unpaired) electrons. The number of carbonyl (C=O) groups excluding carboxylic acids is 2. The summed E-state index contributed by atoms with van der Waals surface area (Å²) in [6, 6.07) is 4.41. The summed E-state index contributed by atoms with van der Waals surface area (Å²) in [7, 11) is 0. The molecule has 0 saturated carbocycles. The molecule has 214 valence electrons. The number of nitrogens with one attached hydrogen (secondary N) is 3. The van der Waals surface area contributed by atoms with Gasteiger partial charge in [-0.05, 0) is 52.2 Å². The first kappa shape index (κ1) is 30.1. The summed E-state index contributed by atoms with van der Waals surface area (Å²) in [5, 5.41) is 20.1. The van der Waals surface area contributed by atoms with E-state index in [-0.39, 0.29) is 12.4 Å². The minimum atomic E-state index is -1.64. The van der Waals surface area contributed by atoms with E-state index >= 15 is 0 Å². The highest BCUT2D eigenvalue weighted by Crippen LogP contribution is 2.48. The van der Waals surface area contributed by atoms with Gasteiger partial charge in [-0.1, -0.05) is 20.8 Å². The number of rotatable bonds is 7. The van der Waals surface area contributed by atoms with Crippen molar-refractivity contribution < 1.29 is 33.3 Å². The molecular formula is C26H38N6O7. The number of aromatic amines is 1. The van der Waals surface area contributed by atoms with Crippen LogP contribution in [0, 0.1) is 22.2 Å². The monoisotopic (exact) mass is 546 g/mol. The van der Waals surface area contributed by atoms with Gasteiger partial charge in [0.2, 0.25) is 5.60 Å². The van der Waals surface area contributed by atoms with Crippen LogP contribution in [0.4, 0.5) is 4.79 Å². The molecule has 0 aromatic carbocycles. The number of amides is 1. The van der Waals surface area contributed by atoms with E-state index in [1.165, 1.54) is 0 Å². The van der Waals surface area contributed by atoms with Gasteiger partial charge in [-0.2, -0.15) is 5.26 Å². The van der Waals surface area contributed by atoms with Gasteiger partial charge >= 0.3 is 12.1 Å². The Morgan fingerprint density at radius 2 is 1.92 bits per heavy atom. The third-order valence-corrected chi connectivity index (χ3v) is 6.12. The molecule has 2 fully saturated rings. The van der Waals surface area contributed by atoms with Gasteiger partial charge in [-0.3, -0.25) is 5.41 Å². The Kier molecular flexibility index (Phi) is 8.17. The van der Waals surface area contributed by atoms with Gasteiger partial charge in [0.15, 0.2) is 5.79 Å². The maximum atomic E-state index is 13.2. The highest BCUT2D eigenvalue weighted by atomic mass is 16.8. The van der Waals surface area contributed by atoms with E-state index in [1.807, 2.05) is 0 Å². The molecule has 3 rings (SSSR count). The van der Waals surface area contributed by atoms with Crippen molar-refractivity contribution in [2.24, 2.45) is 16.1 Å². The molecule has 2 aliphatic heterocycles. The first-order chi connectivity index (χ1) is 17.9. The third kappa shape index (κ3) is 6.58. The minimum Gasteiger partial charge on any atom is -0.461 e. The van der Waals surface area contributed by atoms with Crippen LogP contribution < -0.4 is 11.1 Å². The second-order valence-corrected chi connectivity index (χ2v) is 12.0. The van der Waals surface area contributed by atoms with Crippen LogP contribution in [0.3, 0.4) is 0 Å². The number of nitriles is 1. The number of H-pyrrole nitrogens is 1. The Morgan fingerprint density at radius 3 is 2.49 bits per heavy atom. The average Bonchev–Trinajstić information content (AvgIpc) is 3.47. The molecule has 1 amide bonds. The number of nitrogens with zero attached hydrogens (tertiary/aromatic N) is 2. The lowest BCUT2D eigenvalue weighted by atomic mass is 9.87. The van der Waals surface area contributed by atoms with Crippen molar-refractivity contribution in [3.05, 3.63) is 23.5 Å². The van der Waals surface area contributed by atoms with Crippen molar-refractivity contribution in [2.75, 3.05) is 6.61 Å². The third-order valence-electron chi connectivity index (χ3n) is 6.12. The number of aromatic nitrogens is 1. The zero-order chi connectivity index (χ0) is 29.4. The molecule has 3 heterocycles. The van der Waals surface area contributed by atoms with Crippen LogP contribution in [0.5, 0.6) is 0 Å². The van der Waals surface area contributed by atoms with Crippen molar-refractivity contribution in [1.29, 1.82) is 10.7 Å². The Labute approximate surface area is 227 Å². The van der Waals surface area contributed by atoms with Crippen LogP contribution in [-0.2, 0) is 34.1 Å². The van der Waals surface area contributed by atoms with Crippen LogP contribution in [-0.4, -0.2) is 71.6 Å². The maximum absolute atomic E-state index is 13.2. The van der Waals surface area contributed by atoms with Gasteiger partial charge in [0.25, 0.3) is 0 Å². The van der Waals surface area contributed by atoms with Crippen molar-refractivity contribution in [3.8, 4) is 6.07 Å². The normalized spacial score (nSPS) is 27.3.